The van der Waals surface area contributed by atoms with E-state index in [2.05, 4.69) is 25.7 Å². The lowest BCUT2D eigenvalue weighted by molar-refractivity contribution is -0.198. The van der Waals surface area contributed by atoms with Crippen LogP contribution in [0.15, 0.2) is 24.3 Å². The van der Waals surface area contributed by atoms with Crippen molar-refractivity contribution in [2.24, 2.45) is 0 Å². The van der Waals surface area contributed by atoms with Gasteiger partial charge in [-0.25, -0.2) is 4.79 Å². The Labute approximate surface area is 236 Å². The Bertz CT molecular complexity index is 1120. The van der Waals surface area contributed by atoms with Gasteiger partial charge in [0, 0.05) is 24.9 Å². The molecule has 1 aromatic heterocycles. The molecule has 2 aromatic rings. The normalized spacial score (nSPS) is 13.0. The topological polar surface area (TPSA) is 181 Å². The van der Waals surface area contributed by atoms with Gasteiger partial charge in [-0.3, -0.25) is 14.4 Å². The van der Waals surface area contributed by atoms with Crippen LogP contribution in [0.2, 0.25) is 0 Å². The molecule has 15 heteroatoms. The number of nitrogens with zero attached hydrogens (tertiary/aromatic N) is 5. The summed E-state index contributed by atoms with van der Waals surface area (Å²) in [5.74, 6) is -0.920. The third kappa shape index (κ3) is 12.0. The SMILES string of the molecule is Cc1nnc(-c2ccc(CC(=O)NCCOCCOCCOCCOCCC(=O)ON3C(=O)CCC3=O)cc2)nn1. The number of hydrogen-bond donors (Lipinski definition) is 1. The maximum atomic E-state index is 12.1. The summed E-state index contributed by atoms with van der Waals surface area (Å²) in [6.07, 6.45) is 0.268. The van der Waals surface area contributed by atoms with Crippen LogP contribution in [0.1, 0.15) is 30.7 Å². The van der Waals surface area contributed by atoms with Gasteiger partial charge in [-0.2, -0.15) is 0 Å². The second-order valence-electron chi connectivity index (χ2n) is 8.74. The fraction of sp³-hybridized carbons (Fsp3) is 0.538. The highest BCUT2D eigenvalue weighted by Gasteiger charge is 2.32. The summed E-state index contributed by atoms with van der Waals surface area (Å²) in [6, 6.07) is 7.33. The third-order valence-electron chi connectivity index (χ3n) is 5.49. The molecule has 1 N–H and O–H groups in total. The Morgan fingerprint density at radius 2 is 1.32 bits per heavy atom. The molecule has 3 rings (SSSR count). The molecule has 1 saturated heterocycles. The molecule has 0 spiro atoms. The zero-order valence-electron chi connectivity index (χ0n) is 22.9. The molecule has 222 valence electrons. The molecule has 0 saturated carbocycles. The van der Waals surface area contributed by atoms with Crippen LogP contribution in [0, 0.1) is 6.92 Å². The summed E-state index contributed by atoms with van der Waals surface area (Å²) in [5, 5.41) is 19.1. The highest BCUT2D eigenvalue weighted by atomic mass is 16.7. The lowest BCUT2D eigenvalue weighted by Crippen LogP contribution is -2.32. The minimum absolute atomic E-state index is 0.0536. The average Bonchev–Trinajstić information content (AvgIpc) is 3.28. The summed E-state index contributed by atoms with van der Waals surface area (Å²) in [7, 11) is 0. The highest BCUT2D eigenvalue weighted by molar-refractivity contribution is 6.01. The summed E-state index contributed by atoms with van der Waals surface area (Å²) in [5.41, 5.74) is 1.63. The maximum Gasteiger partial charge on any atom is 0.335 e. The maximum absolute atomic E-state index is 12.1. The summed E-state index contributed by atoms with van der Waals surface area (Å²) in [6.45, 7) is 4.66. The molecular formula is C26H34N6O9. The van der Waals surface area contributed by atoms with Gasteiger partial charge in [-0.15, -0.1) is 25.5 Å². The monoisotopic (exact) mass is 574 g/mol. The fourth-order valence-electron chi connectivity index (χ4n) is 3.40. The van der Waals surface area contributed by atoms with E-state index in [9.17, 15) is 19.2 Å². The molecule has 15 nitrogen and oxygen atoms in total. The van der Waals surface area contributed by atoms with E-state index >= 15 is 0 Å². The highest BCUT2D eigenvalue weighted by Crippen LogP contribution is 2.14. The van der Waals surface area contributed by atoms with Crippen LogP contribution in [0.4, 0.5) is 0 Å². The van der Waals surface area contributed by atoms with Crippen molar-refractivity contribution in [3.05, 3.63) is 35.7 Å². The first-order valence-electron chi connectivity index (χ1n) is 13.2. The van der Waals surface area contributed by atoms with Gasteiger partial charge in [0.15, 0.2) is 5.82 Å². The van der Waals surface area contributed by atoms with E-state index in [1.54, 1.807) is 6.92 Å². The van der Waals surface area contributed by atoms with Crippen molar-refractivity contribution in [1.82, 2.24) is 30.8 Å². The number of nitrogens with one attached hydrogen (secondary N) is 1. The van der Waals surface area contributed by atoms with E-state index in [0.717, 1.165) is 11.1 Å². The van der Waals surface area contributed by atoms with Gasteiger partial charge >= 0.3 is 5.97 Å². The van der Waals surface area contributed by atoms with Crippen molar-refractivity contribution >= 4 is 23.7 Å². The molecule has 3 amide bonds. The Hall–Kier alpha value is -3.92. The van der Waals surface area contributed by atoms with Gasteiger partial charge in [0.25, 0.3) is 11.8 Å². The average molecular weight is 575 g/mol. The molecule has 0 atom stereocenters. The van der Waals surface area contributed by atoms with Crippen molar-refractivity contribution in [3.8, 4) is 11.4 Å². The summed E-state index contributed by atoms with van der Waals surface area (Å²) < 4.78 is 21.5. The van der Waals surface area contributed by atoms with E-state index in [-0.39, 0.29) is 44.8 Å². The quantitative estimate of drug-likeness (QED) is 0.175. The molecular weight excluding hydrogens is 540 g/mol. The van der Waals surface area contributed by atoms with Crippen LogP contribution in [-0.4, -0.2) is 109 Å². The smallest absolute Gasteiger partial charge is 0.335 e. The van der Waals surface area contributed by atoms with Gasteiger partial charge < -0.3 is 29.1 Å². The standard InChI is InChI=1S/C26H34N6O9/c1-19-28-30-26(31-29-19)21-4-2-20(3-5-21)18-22(33)27-9-11-38-13-15-40-17-16-39-14-12-37-10-8-25(36)41-32-23(34)6-7-24(32)35/h2-5H,6-18H2,1H3,(H,27,33). The molecule has 2 heterocycles. The van der Waals surface area contributed by atoms with Gasteiger partial charge in [0.2, 0.25) is 11.7 Å². The second kappa shape index (κ2) is 17.7. The number of hydrogen-bond acceptors (Lipinski definition) is 13. The zero-order chi connectivity index (χ0) is 29.3. The Kier molecular flexibility index (Phi) is 13.6. The number of aromatic nitrogens is 4. The van der Waals surface area contributed by atoms with Crippen molar-refractivity contribution < 1.29 is 43.0 Å². The Morgan fingerprint density at radius 3 is 1.90 bits per heavy atom. The minimum atomic E-state index is -0.708. The van der Waals surface area contributed by atoms with Crippen molar-refractivity contribution in [1.29, 1.82) is 0 Å². The van der Waals surface area contributed by atoms with Crippen LogP contribution in [0.5, 0.6) is 0 Å². The molecule has 0 bridgehead atoms. The predicted octanol–water partition coefficient (Wildman–Crippen LogP) is -0.0356. The van der Waals surface area contributed by atoms with E-state index < -0.39 is 17.8 Å². The van der Waals surface area contributed by atoms with Gasteiger partial charge in [0.1, 0.15) is 0 Å². The number of benzene rings is 1. The number of ether oxygens (including phenoxy) is 4. The molecule has 1 aliphatic heterocycles. The fourth-order valence-corrected chi connectivity index (χ4v) is 3.40. The lowest BCUT2D eigenvalue weighted by atomic mass is 10.1. The Balaban J connectivity index is 1.08. The van der Waals surface area contributed by atoms with Crippen molar-refractivity contribution in [2.75, 3.05) is 59.4 Å². The first kappa shape index (κ1) is 31.6. The van der Waals surface area contributed by atoms with E-state index in [1.165, 1.54) is 0 Å². The number of carbonyl (C=O) groups excluding carboxylic acids is 4. The van der Waals surface area contributed by atoms with Gasteiger partial charge in [-0.05, 0) is 12.5 Å². The number of rotatable bonds is 19. The van der Waals surface area contributed by atoms with Crippen molar-refractivity contribution in [2.45, 2.75) is 32.6 Å². The second-order valence-corrected chi connectivity index (χ2v) is 8.74. The van der Waals surface area contributed by atoms with Crippen LogP contribution in [-0.2, 0) is 49.4 Å². The minimum Gasteiger partial charge on any atom is -0.378 e. The largest absolute Gasteiger partial charge is 0.378 e. The molecule has 1 fully saturated rings. The van der Waals surface area contributed by atoms with Gasteiger partial charge in [-0.1, -0.05) is 24.3 Å². The van der Waals surface area contributed by atoms with E-state index in [4.69, 9.17) is 23.8 Å². The number of hydroxylamine groups is 2. The number of imide groups is 1. The van der Waals surface area contributed by atoms with Gasteiger partial charge in [0.05, 0.1) is 65.7 Å². The molecule has 0 radical (unpaired) electrons. The summed E-state index contributed by atoms with van der Waals surface area (Å²) >= 11 is 0. The lowest BCUT2D eigenvalue weighted by Gasteiger charge is -2.12. The number of aryl methyl sites for hydroxylation is 1. The molecule has 1 aliphatic rings. The molecule has 0 aliphatic carbocycles. The van der Waals surface area contributed by atoms with Crippen LogP contribution >= 0.6 is 0 Å². The van der Waals surface area contributed by atoms with Crippen molar-refractivity contribution in [3.63, 3.8) is 0 Å². The Morgan fingerprint density at radius 1 is 0.780 bits per heavy atom. The van der Waals surface area contributed by atoms with E-state index in [0.29, 0.717) is 62.9 Å². The molecule has 1 aromatic carbocycles. The first-order valence-corrected chi connectivity index (χ1v) is 13.2. The summed E-state index contributed by atoms with van der Waals surface area (Å²) in [4.78, 5) is 51.3. The predicted molar refractivity (Wildman–Crippen MR) is 140 cm³/mol. The van der Waals surface area contributed by atoms with Crippen LogP contribution < -0.4 is 5.32 Å². The van der Waals surface area contributed by atoms with E-state index in [1.807, 2.05) is 24.3 Å². The molecule has 41 heavy (non-hydrogen) atoms. The third-order valence-corrected chi connectivity index (χ3v) is 5.49. The van der Waals surface area contributed by atoms with Crippen LogP contribution in [0.25, 0.3) is 11.4 Å². The van der Waals surface area contributed by atoms with Crippen LogP contribution in [0.3, 0.4) is 0 Å². The molecule has 0 unspecified atom stereocenters. The number of amides is 3. The zero-order valence-corrected chi connectivity index (χ0v) is 22.9. The first-order chi connectivity index (χ1) is 19.9. The number of carbonyl (C=O) groups is 4.